The summed E-state index contributed by atoms with van der Waals surface area (Å²) in [5.41, 5.74) is 1.96. The van der Waals surface area contributed by atoms with Gasteiger partial charge in [0.2, 0.25) is 0 Å². The molecular formula is C15H20ClNO. The molecular weight excluding hydrogens is 246 g/mol. The molecule has 0 radical (unpaired) electrons. The Hall–Kier alpha value is -1.02. The second kappa shape index (κ2) is 5.75. The normalized spacial score (nSPS) is 22.4. The molecule has 18 heavy (non-hydrogen) atoms. The molecule has 1 saturated carbocycles. The monoisotopic (exact) mass is 265 g/mol. The van der Waals surface area contributed by atoms with Gasteiger partial charge in [-0.25, -0.2) is 0 Å². The van der Waals surface area contributed by atoms with E-state index in [0.717, 1.165) is 36.9 Å². The van der Waals surface area contributed by atoms with Crippen molar-refractivity contribution < 1.29 is 4.79 Å². The summed E-state index contributed by atoms with van der Waals surface area (Å²) in [6.07, 6.45) is 2.96. The Balaban J connectivity index is 2.01. The minimum Gasteiger partial charge on any atom is -0.341 e. The molecule has 0 aliphatic heterocycles. The van der Waals surface area contributed by atoms with Gasteiger partial charge in [0.1, 0.15) is 0 Å². The predicted octanol–water partition coefficient (Wildman–Crippen LogP) is 3.34. The van der Waals surface area contributed by atoms with Gasteiger partial charge < -0.3 is 4.90 Å². The van der Waals surface area contributed by atoms with Gasteiger partial charge in [-0.3, -0.25) is 4.79 Å². The summed E-state index contributed by atoms with van der Waals surface area (Å²) in [6.45, 7) is 2.90. The van der Waals surface area contributed by atoms with Gasteiger partial charge in [0, 0.05) is 24.5 Å². The lowest BCUT2D eigenvalue weighted by molar-refractivity contribution is 0.0746. The van der Waals surface area contributed by atoms with Crippen molar-refractivity contribution in [2.75, 3.05) is 13.6 Å². The van der Waals surface area contributed by atoms with Gasteiger partial charge in [-0.15, -0.1) is 11.6 Å². The molecule has 0 N–H and O–H groups in total. The number of hydrogen-bond donors (Lipinski definition) is 0. The van der Waals surface area contributed by atoms with Crippen molar-refractivity contribution in [2.45, 2.75) is 31.6 Å². The van der Waals surface area contributed by atoms with E-state index in [4.69, 9.17) is 11.6 Å². The van der Waals surface area contributed by atoms with Crippen LogP contribution in [0.15, 0.2) is 24.3 Å². The molecule has 0 bridgehead atoms. The molecule has 98 valence electrons. The summed E-state index contributed by atoms with van der Waals surface area (Å²) in [6, 6.07) is 7.86. The zero-order chi connectivity index (χ0) is 13.1. The number of amides is 1. The molecule has 1 aromatic rings. The predicted molar refractivity (Wildman–Crippen MR) is 75.1 cm³/mol. The number of alkyl halides is 1. The van der Waals surface area contributed by atoms with Crippen molar-refractivity contribution in [1.82, 2.24) is 4.90 Å². The largest absolute Gasteiger partial charge is 0.341 e. The summed E-state index contributed by atoms with van der Waals surface area (Å²) in [5.74, 6) is 0.709. The van der Waals surface area contributed by atoms with Crippen molar-refractivity contribution in [3.63, 3.8) is 0 Å². The maximum atomic E-state index is 12.4. The van der Waals surface area contributed by atoms with E-state index >= 15 is 0 Å². The van der Waals surface area contributed by atoms with Crippen molar-refractivity contribution in [2.24, 2.45) is 5.92 Å². The molecule has 0 spiro atoms. The van der Waals surface area contributed by atoms with Crippen LogP contribution in [0.25, 0.3) is 0 Å². The van der Waals surface area contributed by atoms with Crippen LogP contribution in [0.3, 0.4) is 0 Å². The first-order valence-electron chi connectivity index (χ1n) is 6.59. The summed E-state index contributed by atoms with van der Waals surface area (Å²) < 4.78 is 0. The van der Waals surface area contributed by atoms with Gasteiger partial charge >= 0.3 is 0 Å². The van der Waals surface area contributed by atoms with Crippen molar-refractivity contribution in [3.05, 3.63) is 35.4 Å². The SMILES string of the molecule is CCc1ccccc1C(=O)N(C)CC1CC(Cl)C1. The molecule has 0 aromatic heterocycles. The van der Waals surface area contributed by atoms with E-state index in [1.54, 1.807) is 0 Å². The second-order valence-corrected chi connectivity index (χ2v) is 5.75. The van der Waals surface area contributed by atoms with E-state index in [-0.39, 0.29) is 5.91 Å². The Morgan fingerprint density at radius 1 is 1.39 bits per heavy atom. The van der Waals surface area contributed by atoms with Crippen LogP contribution in [0.1, 0.15) is 35.7 Å². The number of hydrogen-bond acceptors (Lipinski definition) is 1. The number of aryl methyl sites for hydroxylation is 1. The molecule has 1 amide bonds. The smallest absolute Gasteiger partial charge is 0.253 e. The lowest BCUT2D eigenvalue weighted by Crippen LogP contribution is -2.38. The molecule has 2 nitrogen and oxygen atoms in total. The number of rotatable bonds is 4. The zero-order valence-electron chi connectivity index (χ0n) is 11.0. The molecule has 1 fully saturated rings. The van der Waals surface area contributed by atoms with Gasteiger partial charge in [0.05, 0.1) is 0 Å². The number of halogens is 1. The van der Waals surface area contributed by atoms with Gasteiger partial charge in [-0.05, 0) is 36.8 Å². The van der Waals surface area contributed by atoms with Crippen molar-refractivity contribution in [3.8, 4) is 0 Å². The topological polar surface area (TPSA) is 20.3 Å². The number of carbonyl (C=O) groups is 1. The summed E-state index contributed by atoms with van der Waals surface area (Å²) >= 11 is 5.97. The van der Waals surface area contributed by atoms with Crippen LogP contribution >= 0.6 is 11.6 Å². The van der Waals surface area contributed by atoms with Crippen LogP contribution in [-0.4, -0.2) is 29.8 Å². The number of nitrogens with zero attached hydrogens (tertiary/aromatic N) is 1. The van der Waals surface area contributed by atoms with Gasteiger partial charge in [0.25, 0.3) is 5.91 Å². The molecule has 0 atom stereocenters. The molecule has 0 unspecified atom stereocenters. The van der Waals surface area contributed by atoms with Crippen LogP contribution in [-0.2, 0) is 6.42 Å². The Labute approximate surface area is 114 Å². The van der Waals surface area contributed by atoms with Crippen LogP contribution in [0.2, 0.25) is 0 Å². The van der Waals surface area contributed by atoms with Crippen molar-refractivity contribution >= 4 is 17.5 Å². The van der Waals surface area contributed by atoms with Crippen LogP contribution in [0.4, 0.5) is 0 Å². The van der Waals surface area contributed by atoms with E-state index < -0.39 is 0 Å². The first-order chi connectivity index (χ1) is 8.61. The summed E-state index contributed by atoms with van der Waals surface area (Å²) in [7, 11) is 1.89. The van der Waals surface area contributed by atoms with E-state index in [1.165, 1.54) is 0 Å². The number of benzene rings is 1. The minimum absolute atomic E-state index is 0.130. The molecule has 0 heterocycles. The van der Waals surface area contributed by atoms with Crippen LogP contribution in [0.5, 0.6) is 0 Å². The Morgan fingerprint density at radius 2 is 2.06 bits per heavy atom. The van der Waals surface area contributed by atoms with E-state index in [2.05, 4.69) is 6.92 Å². The average Bonchev–Trinajstić information content (AvgIpc) is 2.35. The fourth-order valence-electron chi connectivity index (χ4n) is 2.52. The lowest BCUT2D eigenvalue weighted by Gasteiger charge is -2.34. The zero-order valence-corrected chi connectivity index (χ0v) is 11.8. The Kier molecular flexibility index (Phi) is 4.28. The Morgan fingerprint density at radius 3 is 2.67 bits per heavy atom. The standard InChI is InChI=1S/C15H20ClNO/c1-3-12-6-4-5-7-14(12)15(18)17(2)10-11-8-13(16)9-11/h4-7,11,13H,3,8-10H2,1-2H3. The third-order valence-electron chi connectivity index (χ3n) is 3.69. The van der Waals surface area contributed by atoms with E-state index in [9.17, 15) is 4.79 Å². The van der Waals surface area contributed by atoms with Gasteiger partial charge in [0.15, 0.2) is 0 Å². The maximum absolute atomic E-state index is 12.4. The summed E-state index contributed by atoms with van der Waals surface area (Å²) in [4.78, 5) is 14.2. The first kappa shape index (κ1) is 13.4. The van der Waals surface area contributed by atoms with E-state index in [0.29, 0.717) is 11.3 Å². The highest BCUT2D eigenvalue weighted by molar-refractivity contribution is 6.21. The van der Waals surface area contributed by atoms with Crippen LogP contribution < -0.4 is 0 Å². The third kappa shape index (κ3) is 2.86. The molecule has 1 aromatic carbocycles. The average molecular weight is 266 g/mol. The fourth-order valence-corrected chi connectivity index (χ4v) is 3.02. The highest BCUT2D eigenvalue weighted by Gasteiger charge is 2.29. The molecule has 1 aliphatic carbocycles. The number of carbonyl (C=O) groups excluding carboxylic acids is 1. The third-order valence-corrected chi connectivity index (χ3v) is 4.04. The molecule has 1 aliphatic rings. The summed E-state index contributed by atoms with van der Waals surface area (Å²) in [5, 5.41) is 0.321. The Bertz CT molecular complexity index is 426. The lowest BCUT2D eigenvalue weighted by atomic mass is 9.84. The molecule has 2 rings (SSSR count). The highest BCUT2D eigenvalue weighted by atomic mass is 35.5. The van der Waals surface area contributed by atoms with Gasteiger partial charge in [-0.1, -0.05) is 25.1 Å². The first-order valence-corrected chi connectivity index (χ1v) is 7.03. The highest BCUT2D eigenvalue weighted by Crippen LogP contribution is 2.32. The maximum Gasteiger partial charge on any atom is 0.253 e. The quantitative estimate of drug-likeness (QED) is 0.765. The molecule has 3 heteroatoms. The molecule has 0 saturated heterocycles. The second-order valence-electron chi connectivity index (χ2n) is 5.13. The van der Waals surface area contributed by atoms with Crippen molar-refractivity contribution in [1.29, 1.82) is 0 Å². The van der Waals surface area contributed by atoms with E-state index in [1.807, 2.05) is 36.2 Å². The van der Waals surface area contributed by atoms with Gasteiger partial charge in [-0.2, -0.15) is 0 Å². The fraction of sp³-hybridized carbons (Fsp3) is 0.533. The minimum atomic E-state index is 0.130. The van der Waals surface area contributed by atoms with Crippen LogP contribution in [0, 0.1) is 5.92 Å².